The fraction of sp³-hybridized carbons (Fsp3) is 0.0833. The summed E-state index contributed by atoms with van der Waals surface area (Å²) in [6, 6.07) is 7.06. The Hall–Kier alpha value is -1.46. The average Bonchev–Trinajstić information content (AvgIpc) is 2.32. The van der Waals surface area contributed by atoms with E-state index in [4.69, 9.17) is 11.6 Å². The zero-order valence-corrected chi connectivity index (χ0v) is 11.8. The second-order valence-corrected chi connectivity index (χ2v) is 4.88. The summed E-state index contributed by atoms with van der Waals surface area (Å²) in [5, 5.41) is 2.87. The number of hydrogen-bond acceptors (Lipinski definition) is 3. The predicted octanol–water partition coefficient (Wildman–Crippen LogP) is 3.45. The number of nitrogens with one attached hydrogen (secondary N) is 1. The topological polar surface area (TPSA) is 54.9 Å². The zero-order chi connectivity index (χ0) is 13.1. The predicted molar refractivity (Wildman–Crippen MR) is 73.9 cm³/mol. The van der Waals surface area contributed by atoms with Crippen molar-refractivity contribution in [1.29, 1.82) is 0 Å². The summed E-state index contributed by atoms with van der Waals surface area (Å²) in [5.41, 5.74) is 1.52. The van der Waals surface area contributed by atoms with Crippen LogP contribution in [0.4, 0.5) is 5.95 Å². The third kappa shape index (κ3) is 3.05. The van der Waals surface area contributed by atoms with E-state index in [0.29, 0.717) is 10.0 Å². The van der Waals surface area contributed by atoms with Crippen LogP contribution in [-0.2, 0) is 0 Å². The highest BCUT2D eigenvalue weighted by molar-refractivity contribution is 9.10. The number of hydrogen-bond donors (Lipinski definition) is 1. The molecule has 1 aromatic carbocycles. The summed E-state index contributed by atoms with van der Waals surface area (Å²) in [5.74, 6) is -0.103. The van der Waals surface area contributed by atoms with Crippen LogP contribution >= 0.6 is 27.5 Å². The maximum Gasteiger partial charge on any atom is 0.259 e. The van der Waals surface area contributed by atoms with Crippen LogP contribution in [-0.4, -0.2) is 15.9 Å². The lowest BCUT2D eigenvalue weighted by Gasteiger charge is -2.06. The number of anilines is 1. The van der Waals surface area contributed by atoms with Gasteiger partial charge in [-0.15, -0.1) is 0 Å². The molecule has 0 saturated carbocycles. The first-order valence-corrected chi connectivity index (χ1v) is 6.29. The molecular weight excluding hydrogens is 318 g/mol. The number of nitrogens with zero attached hydrogens (tertiary/aromatic N) is 2. The lowest BCUT2D eigenvalue weighted by atomic mass is 10.1. The maximum absolute atomic E-state index is 12.0. The highest BCUT2D eigenvalue weighted by Gasteiger charge is 2.11. The van der Waals surface area contributed by atoms with Gasteiger partial charge in [0, 0.05) is 10.7 Å². The largest absolute Gasteiger partial charge is 0.290 e. The Labute approximate surface area is 118 Å². The van der Waals surface area contributed by atoms with Crippen molar-refractivity contribution in [2.45, 2.75) is 6.92 Å². The second-order valence-electron chi connectivity index (χ2n) is 3.64. The van der Waals surface area contributed by atoms with E-state index in [-0.39, 0.29) is 17.0 Å². The first kappa shape index (κ1) is 13.0. The molecule has 1 amide bonds. The van der Waals surface area contributed by atoms with Crippen molar-refractivity contribution >= 4 is 39.4 Å². The summed E-state index contributed by atoms with van der Waals surface area (Å²) in [7, 11) is 0. The van der Waals surface area contributed by atoms with Gasteiger partial charge in [0.1, 0.15) is 5.15 Å². The Bertz CT molecular complexity index is 604. The molecule has 0 saturated heterocycles. The van der Waals surface area contributed by atoms with E-state index in [2.05, 4.69) is 31.2 Å². The van der Waals surface area contributed by atoms with Crippen molar-refractivity contribution in [3.8, 4) is 0 Å². The van der Waals surface area contributed by atoms with Gasteiger partial charge in [-0.1, -0.05) is 23.2 Å². The van der Waals surface area contributed by atoms with Crippen LogP contribution in [0.5, 0.6) is 0 Å². The molecule has 0 bridgehead atoms. The number of carbonyl (C=O) groups excluding carboxylic acids is 1. The summed E-state index contributed by atoms with van der Waals surface area (Å²) >= 11 is 9.05. The molecule has 2 rings (SSSR count). The molecule has 2 aromatic rings. The first-order chi connectivity index (χ1) is 8.56. The number of benzene rings is 1. The SMILES string of the molecule is Cc1ccc(Br)c(C(=O)Nc2nccc(Cl)n2)c1. The second kappa shape index (κ2) is 5.46. The van der Waals surface area contributed by atoms with Crippen LogP contribution in [0.3, 0.4) is 0 Å². The Balaban J connectivity index is 2.24. The van der Waals surface area contributed by atoms with E-state index >= 15 is 0 Å². The van der Waals surface area contributed by atoms with Crippen molar-refractivity contribution in [2.75, 3.05) is 5.32 Å². The van der Waals surface area contributed by atoms with Gasteiger partial charge in [0.15, 0.2) is 0 Å². The summed E-state index contributed by atoms with van der Waals surface area (Å²) in [6.45, 7) is 1.92. The van der Waals surface area contributed by atoms with Gasteiger partial charge in [0.05, 0.1) is 5.56 Å². The third-order valence-electron chi connectivity index (χ3n) is 2.21. The average molecular weight is 327 g/mol. The Kier molecular flexibility index (Phi) is 3.93. The van der Waals surface area contributed by atoms with Crippen LogP contribution in [0.25, 0.3) is 0 Å². The van der Waals surface area contributed by atoms with Crippen molar-refractivity contribution in [3.63, 3.8) is 0 Å². The molecule has 1 aromatic heterocycles. The van der Waals surface area contributed by atoms with Crippen LogP contribution in [0.1, 0.15) is 15.9 Å². The normalized spacial score (nSPS) is 10.2. The lowest BCUT2D eigenvalue weighted by Crippen LogP contribution is -2.14. The molecule has 4 nitrogen and oxygen atoms in total. The van der Waals surface area contributed by atoms with Gasteiger partial charge >= 0.3 is 0 Å². The van der Waals surface area contributed by atoms with Crippen molar-refractivity contribution in [3.05, 3.63) is 51.2 Å². The van der Waals surface area contributed by atoms with Crippen LogP contribution in [0.2, 0.25) is 5.15 Å². The molecule has 18 heavy (non-hydrogen) atoms. The summed E-state index contributed by atoms with van der Waals surface area (Å²) in [6.07, 6.45) is 1.48. The van der Waals surface area contributed by atoms with E-state index in [0.717, 1.165) is 5.56 Å². The minimum atomic E-state index is -0.284. The van der Waals surface area contributed by atoms with Gasteiger partial charge in [-0.25, -0.2) is 9.97 Å². The number of carbonyl (C=O) groups is 1. The van der Waals surface area contributed by atoms with Gasteiger partial charge in [-0.05, 0) is 41.1 Å². The molecule has 0 aliphatic heterocycles. The van der Waals surface area contributed by atoms with Crippen molar-refractivity contribution < 1.29 is 4.79 Å². The molecular formula is C12H9BrClN3O. The first-order valence-electron chi connectivity index (χ1n) is 5.12. The molecule has 0 radical (unpaired) electrons. The van der Waals surface area contributed by atoms with E-state index < -0.39 is 0 Å². The molecule has 0 fully saturated rings. The molecule has 1 N–H and O–H groups in total. The molecule has 1 heterocycles. The van der Waals surface area contributed by atoms with Crippen LogP contribution in [0, 0.1) is 6.92 Å². The van der Waals surface area contributed by atoms with E-state index in [1.165, 1.54) is 6.20 Å². The van der Waals surface area contributed by atoms with E-state index in [1.807, 2.05) is 19.1 Å². The summed E-state index contributed by atoms with van der Waals surface area (Å²) < 4.78 is 0.715. The number of aromatic nitrogens is 2. The zero-order valence-electron chi connectivity index (χ0n) is 9.45. The highest BCUT2D eigenvalue weighted by Crippen LogP contribution is 2.19. The minimum Gasteiger partial charge on any atom is -0.290 e. The minimum absolute atomic E-state index is 0.181. The quantitative estimate of drug-likeness (QED) is 0.860. The Morgan fingerprint density at radius 1 is 1.39 bits per heavy atom. The number of rotatable bonds is 2. The third-order valence-corrected chi connectivity index (χ3v) is 3.12. The van der Waals surface area contributed by atoms with E-state index in [1.54, 1.807) is 12.1 Å². The highest BCUT2D eigenvalue weighted by atomic mass is 79.9. The molecule has 0 aliphatic rings. The smallest absolute Gasteiger partial charge is 0.259 e. The van der Waals surface area contributed by atoms with Crippen LogP contribution in [0.15, 0.2) is 34.9 Å². The molecule has 92 valence electrons. The van der Waals surface area contributed by atoms with Gasteiger partial charge in [0.2, 0.25) is 5.95 Å². The standard InChI is InChI=1S/C12H9BrClN3O/c1-7-2-3-9(13)8(6-7)11(18)17-12-15-5-4-10(14)16-12/h2-6H,1H3,(H,15,16,17,18). The molecule has 0 spiro atoms. The van der Waals surface area contributed by atoms with Gasteiger partial charge in [-0.3, -0.25) is 10.1 Å². The monoisotopic (exact) mass is 325 g/mol. The van der Waals surface area contributed by atoms with E-state index in [9.17, 15) is 4.79 Å². The molecule has 0 aliphatic carbocycles. The summed E-state index contributed by atoms with van der Waals surface area (Å²) in [4.78, 5) is 19.8. The van der Waals surface area contributed by atoms with Gasteiger partial charge in [0.25, 0.3) is 5.91 Å². The van der Waals surface area contributed by atoms with Crippen molar-refractivity contribution in [2.24, 2.45) is 0 Å². The van der Waals surface area contributed by atoms with Gasteiger partial charge < -0.3 is 0 Å². The molecule has 0 atom stereocenters. The number of aryl methyl sites for hydroxylation is 1. The van der Waals surface area contributed by atoms with Crippen LogP contribution < -0.4 is 5.32 Å². The lowest BCUT2D eigenvalue weighted by molar-refractivity contribution is 0.102. The molecule has 0 unspecified atom stereocenters. The maximum atomic E-state index is 12.0. The molecule has 6 heteroatoms. The van der Waals surface area contributed by atoms with Gasteiger partial charge in [-0.2, -0.15) is 0 Å². The van der Waals surface area contributed by atoms with Crippen molar-refractivity contribution in [1.82, 2.24) is 9.97 Å². The Morgan fingerprint density at radius 3 is 2.89 bits per heavy atom. The fourth-order valence-electron chi connectivity index (χ4n) is 1.38. The number of amides is 1. The Morgan fingerprint density at radius 2 is 2.17 bits per heavy atom. The number of halogens is 2. The fourth-order valence-corrected chi connectivity index (χ4v) is 1.94.